The van der Waals surface area contributed by atoms with E-state index >= 15 is 0 Å². The third-order valence-electron chi connectivity index (χ3n) is 6.04. The Kier molecular flexibility index (Phi) is 9.23. The van der Waals surface area contributed by atoms with Crippen LogP contribution in [0.5, 0.6) is 5.75 Å². The van der Waals surface area contributed by atoms with Crippen LogP contribution in [0.3, 0.4) is 0 Å². The number of para-hydroxylation sites is 1. The van der Waals surface area contributed by atoms with Gasteiger partial charge in [0, 0.05) is 32.1 Å². The van der Waals surface area contributed by atoms with Crippen LogP contribution in [0.4, 0.5) is 0 Å². The lowest BCUT2D eigenvalue weighted by molar-refractivity contribution is -0.144. The Morgan fingerprint density at radius 2 is 1.81 bits per heavy atom. The molecule has 1 unspecified atom stereocenters. The Labute approximate surface area is 194 Å². The molecular weight excluding hydrogens is 430 g/mol. The van der Waals surface area contributed by atoms with Crippen molar-refractivity contribution < 1.29 is 23.9 Å². The molecule has 176 valence electrons. The molecule has 0 aromatic heterocycles. The van der Waals surface area contributed by atoms with Crippen LogP contribution in [-0.2, 0) is 14.3 Å². The molecule has 9 heteroatoms. The van der Waals surface area contributed by atoms with Crippen molar-refractivity contribution in [2.45, 2.75) is 25.3 Å². The zero-order valence-corrected chi connectivity index (χ0v) is 19.7. The SMILES string of the molecule is COc1ccccc1C(=O)NC(CCSC)C(=O)N1CCC(C(=O)N2CCOCC2)CC1. The quantitative estimate of drug-likeness (QED) is 0.631. The van der Waals surface area contributed by atoms with Crippen molar-refractivity contribution in [3.05, 3.63) is 29.8 Å². The first kappa shape index (κ1) is 24.4. The fourth-order valence-electron chi connectivity index (χ4n) is 4.17. The van der Waals surface area contributed by atoms with Gasteiger partial charge in [-0.1, -0.05) is 12.1 Å². The molecule has 0 saturated carbocycles. The summed E-state index contributed by atoms with van der Waals surface area (Å²) in [4.78, 5) is 42.6. The summed E-state index contributed by atoms with van der Waals surface area (Å²) >= 11 is 1.64. The average molecular weight is 464 g/mol. The maximum Gasteiger partial charge on any atom is 0.255 e. The van der Waals surface area contributed by atoms with Gasteiger partial charge in [-0.05, 0) is 43.4 Å². The molecule has 3 rings (SSSR count). The lowest BCUT2D eigenvalue weighted by Gasteiger charge is -2.36. The molecule has 2 aliphatic rings. The minimum Gasteiger partial charge on any atom is -0.496 e. The van der Waals surface area contributed by atoms with Crippen LogP contribution in [0.1, 0.15) is 29.6 Å². The average Bonchev–Trinajstić information content (AvgIpc) is 2.86. The number of nitrogens with one attached hydrogen (secondary N) is 1. The van der Waals surface area contributed by atoms with Gasteiger partial charge in [0.2, 0.25) is 11.8 Å². The van der Waals surface area contributed by atoms with E-state index in [0.717, 1.165) is 5.75 Å². The van der Waals surface area contributed by atoms with E-state index in [-0.39, 0.29) is 23.6 Å². The number of methoxy groups -OCH3 is 1. The summed E-state index contributed by atoms with van der Waals surface area (Å²) in [5, 5.41) is 2.91. The van der Waals surface area contributed by atoms with Gasteiger partial charge in [-0.2, -0.15) is 11.8 Å². The maximum atomic E-state index is 13.3. The predicted octanol–water partition coefficient (Wildman–Crippen LogP) is 1.64. The summed E-state index contributed by atoms with van der Waals surface area (Å²) in [7, 11) is 1.52. The lowest BCUT2D eigenvalue weighted by Crippen LogP contribution is -2.52. The number of carbonyl (C=O) groups is 3. The number of benzene rings is 1. The summed E-state index contributed by atoms with van der Waals surface area (Å²) in [6, 6.07) is 6.38. The van der Waals surface area contributed by atoms with Crippen LogP contribution in [0.2, 0.25) is 0 Å². The highest BCUT2D eigenvalue weighted by Gasteiger charge is 2.33. The first-order valence-corrected chi connectivity index (χ1v) is 12.5. The number of hydrogen-bond acceptors (Lipinski definition) is 6. The highest BCUT2D eigenvalue weighted by Crippen LogP contribution is 2.22. The van der Waals surface area contributed by atoms with Gasteiger partial charge in [0.05, 0.1) is 25.9 Å². The summed E-state index contributed by atoms with van der Waals surface area (Å²) in [5.41, 5.74) is 0.409. The standard InChI is InChI=1S/C23H33N3O5S/c1-30-20-6-4-3-5-18(20)21(27)24-19(9-16-32-2)23(29)25-10-7-17(8-11-25)22(28)26-12-14-31-15-13-26/h3-6,17,19H,7-16H2,1-2H3,(H,24,27). The molecule has 8 nitrogen and oxygen atoms in total. The smallest absolute Gasteiger partial charge is 0.255 e. The van der Waals surface area contributed by atoms with E-state index in [4.69, 9.17) is 9.47 Å². The molecule has 1 N–H and O–H groups in total. The number of thioether (sulfide) groups is 1. The van der Waals surface area contributed by atoms with E-state index in [0.29, 0.717) is 70.0 Å². The highest BCUT2D eigenvalue weighted by atomic mass is 32.2. The molecule has 0 bridgehead atoms. The molecule has 2 heterocycles. The van der Waals surface area contributed by atoms with Crippen LogP contribution in [0.25, 0.3) is 0 Å². The Balaban J connectivity index is 1.59. The lowest BCUT2D eigenvalue weighted by atomic mass is 9.94. The monoisotopic (exact) mass is 463 g/mol. The Hall–Kier alpha value is -2.26. The highest BCUT2D eigenvalue weighted by molar-refractivity contribution is 7.98. The van der Waals surface area contributed by atoms with E-state index in [1.165, 1.54) is 7.11 Å². The largest absolute Gasteiger partial charge is 0.496 e. The van der Waals surface area contributed by atoms with E-state index < -0.39 is 6.04 Å². The van der Waals surface area contributed by atoms with Crippen molar-refractivity contribution in [3.63, 3.8) is 0 Å². The third kappa shape index (κ3) is 6.16. The van der Waals surface area contributed by atoms with Crippen molar-refractivity contribution in [2.75, 3.05) is 58.5 Å². The van der Waals surface area contributed by atoms with Gasteiger partial charge in [-0.3, -0.25) is 14.4 Å². The van der Waals surface area contributed by atoms with E-state index in [1.807, 2.05) is 11.2 Å². The zero-order chi connectivity index (χ0) is 22.9. The molecule has 1 atom stereocenters. The minimum atomic E-state index is -0.605. The molecular formula is C23H33N3O5S. The van der Waals surface area contributed by atoms with Crippen molar-refractivity contribution in [1.82, 2.24) is 15.1 Å². The van der Waals surface area contributed by atoms with E-state index in [9.17, 15) is 14.4 Å². The Morgan fingerprint density at radius 3 is 2.47 bits per heavy atom. The normalized spacial score (nSPS) is 18.2. The van der Waals surface area contributed by atoms with Gasteiger partial charge in [-0.25, -0.2) is 0 Å². The van der Waals surface area contributed by atoms with Crippen LogP contribution in [0, 0.1) is 5.92 Å². The van der Waals surface area contributed by atoms with Gasteiger partial charge in [0.1, 0.15) is 11.8 Å². The van der Waals surface area contributed by atoms with E-state index in [1.54, 1.807) is 40.9 Å². The second kappa shape index (κ2) is 12.1. The van der Waals surface area contributed by atoms with E-state index in [2.05, 4.69) is 5.32 Å². The molecule has 1 aromatic carbocycles. The number of likely N-dealkylation sites (tertiary alicyclic amines) is 1. The molecule has 3 amide bonds. The summed E-state index contributed by atoms with van der Waals surface area (Å²) < 4.78 is 10.6. The van der Waals surface area contributed by atoms with Crippen molar-refractivity contribution >= 4 is 29.5 Å². The molecule has 1 aromatic rings. The van der Waals surface area contributed by atoms with Crippen molar-refractivity contribution in [2.24, 2.45) is 5.92 Å². The van der Waals surface area contributed by atoms with Crippen molar-refractivity contribution in [3.8, 4) is 5.75 Å². The van der Waals surface area contributed by atoms with Crippen LogP contribution < -0.4 is 10.1 Å². The number of carbonyl (C=O) groups excluding carboxylic acids is 3. The van der Waals surface area contributed by atoms with Gasteiger partial charge in [0.25, 0.3) is 5.91 Å². The van der Waals surface area contributed by atoms with Crippen molar-refractivity contribution in [1.29, 1.82) is 0 Å². The van der Waals surface area contributed by atoms with Gasteiger partial charge in [-0.15, -0.1) is 0 Å². The Morgan fingerprint density at radius 1 is 1.12 bits per heavy atom. The molecule has 2 saturated heterocycles. The van der Waals surface area contributed by atoms with Crippen LogP contribution in [0.15, 0.2) is 24.3 Å². The molecule has 2 fully saturated rings. The fraction of sp³-hybridized carbons (Fsp3) is 0.609. The molecule has 0 aliphatic carbocycles. The summed E-state index contributed by atoms with van der Waals surface area (Å²) in [6.45, 7) is 3.52. The predicted molar refractivity (Wildman–Crippen MR) is 124 cm³/mol. The van der Waals surface area contributed by atoms with Gasteiger partial charge in [0.15, 0.2) is 0 Å². The van der Waals surface area contributed by atoms with Gasteiger partial charge >= 0.3 is 0 Å². The molecule has 0 radical (unpaired) electrons. The topological polar surface area (TPSA) is 88.2 Å². The number of nitrogens with zero attached hydrogens (tertiary/aromatic N) is 2. The number of piperidine rings is 1. The molecule has 32 heavy (non-hydrogen) atoms. The third-order valence-corrected chi connectivity index (χ3v) is 6.69. The number of hydrogen-bond donors (Lipinski definition) is 1. The van der Waals surface area contributed by atoms with Crippen LogP contribution in [-0.4, -0.2) is 92.1 Å². The number of morpholine rings is 1. The zero-order valence-electron chi connectivity index (χ0n) is 18.9. The second-order valence-corrected chi connectivity index (χ2v) is 9.03. The van der Waals surface area contributed by atoms with Gasteiger partial charge < -0.3 is 24.6 Å². The second-order valence-electron chi connectivity index (χ2n) is 8.05. The minimum absolute atomic E-state index is 0.0510. The summed E-state index contributed by atoms with van der Waals surface area (Å²) in [5.74, 6) is 0.949. The molecule has 2 aliphatic heterocycles. The number of rotatable bonds is 8. The first-order chi connectivity index (χ1) is 15.5. The number of ether oxygens (including phenoxy) is 2. The molecule has 0 spiro atoms. The Bertz CT molecular complexity index is 792. The first-order valence-electron chi connectivity index (χ1n) is 11.1. The fourth-order valence-corrected chi connectivity index (χ4v) is 4.64. The maximum absolute atomic E-state index is 13.3. The number of amides is 3. The summed E-state index contributed by atoms with van der Waals surface area (Å²) in [6.07, 6.45) is 3.83. The van der Waals surface area contributed by atoms with Crippen LogP contribution >= 0.6 is 11.8 Å².